The van der Waals surface area contributed by atoms with Crippen molar-refractivity contribution in [1.82, 2.24) is 0 Å². The standard InChI is InChI=1S/C15H11ClN2O3S/c16-11-2-4-12(5-3-11)17-15(22)14-9-13(19)6-1-10(14)7-8-18(20)21/h1-9,19H,(H,17,22). The van der Waals surface area contributed by atoms with Gasteiger partial charge in [-0.05, 0) is 42.0 Å². The molecule has 2 N–H and O–H groups in total. The number of nitrogens with one attached hydrogen (secondary N) is 1. The van der Waals surface area contributed by atoms with E-state index in [1.54, 1.807) is 30.3 Å². The summed E-state index contributed by atoms with van der Waals surface area (Å²) < 4.78 is 0. The van der Waals surface area contributed by atoms with Gasteiger partial charge in [-0.1, -0.05) is 29.9 Å². The lowest BCUT2D eigenvalue weighted by molar-refractivity contribution is -0.400. The first-order valence-corrected chi connectivity index (χ1v) is 6.96. The van der Waals surface area contributed by atoms with Crippen LogP contribution in [0.4, 0.5) is 5.69 Å². The van der Waals surface area contributed by atoms with Crippen molar-refractivity contribution in [2.24, 2.45) is 0 Å². The number of phenolic OH excluding ortho intramolecular Hbond substituents is 1. The molecule has 0 saturated heterocycles. The lowest BCUT2D eigenvalue weighted by Crippen LogP contribution is -2.12. The van der Waals surface area contributed by atoms with Gasteiger partial charge in [-0.25, -0.2) is 0 Å². The number of hydrogen-bond donors (Lipinski definition) is 2. The summed E-state index contributed by atoms with van der Waals surface area (Å²) in [5, 5.41) is 23.7. The lowest BCUT2D eigenvalue weighted by Gasteiger charge is -2.11. The van der Waals surface area contributed by atoms with Crippen LogP contribution in [0.5, 0.6) is 5.75 Å². The molecule has 7 heteroatoms. The zero-order valence-corrected chi connectivity index (χ0v) is 12.8. The summed E-state index contributed by atoms with van der Waals surface area (Å²) >= 11 is 11.1. The van der Waals surface area contributed by atoms with Gasteiger partial charge in [-0.2, -0.15) is 0 Å². The molecule has 5 nitrogen and oxygen atoms in total. The van der Waals surface area contributed by atoms with Crippen LogP contribution in [0.3, 0.4) is 0 Å². The number of halogens is 1. The van der Waals surface area contributed by atoms with E-state index in [2.05, 4.69) is 5.32 Å². The van der Waals surface area contributed by atoms with Gasteiger partial charge in [0.15, 0.2) is 0 Å². The van der Waals surface area contributed by atoms with E-state index in [1.807, 2.05) is 0 Å². The normalized spacial score (nSPS) is 10.6. The number of rotatable bonds is 4. The summed E-state index contributed by atoms with van der Waals surface area (Å²) in [7, 11) is 0. The zero-order chi connectivity index (χ0) is 16.1. The third-order valence-electron chi connectivity index (χ3n) is 2.76. The molecule has 0 aliphatic heterocycles. The Bertz CT molecular complexity index is 745. The molecule has 22 heavy (non-hydrogen) atoms. The topological polar surface area (TPSA) is 75.4 Å². The number of benzene rings is 2. The van der Waals surface area contributed by atoms with E-state index in [9.17, 15) is 15.2 Å². The Balaban J connectivity index is 2.29. The Morgan fingerprint density at radius 1 is 1.27 bits per heavy atom. The lowest BCUT2D eigenvalue weighted by atomic mass is 10.1. The Kier molecular flexibility index (Phi) is 5.08. The van der Waals surface area contributed by atoms with Gasteiger partial charge in [-0.3, -0.25) is 10.1 Å². The highest BCUT2D eigenvalue weighted by atomic mass is 35.5. The number of hydrogen-bond acceptors (Lipinski definition) is 4. The molecular formula is C15H11ClN2O3S. The van der Waals surface area contributed by atoms with E-state index in [4.69, 9.17) is 23.8 Å². The van der Waals surface area contributed by atoms with Gasteiger partial charge in [0.2, 0.25) is 6.20 Å². The fraction of sp³-hybridized carbons (Fsp3) is 0. The van der Waals surface area contributed by atoms with Gasteiger partial charge in [0.25, 0.3) is 0 Å². The van der Waals surface area contributed by atoms with Crippen LogP contribution < -0.4 is 5.32 Å². The molecule has 0 bridgehead atoms. The first-order valence-electron chi connectivity index (χ1n) is 6.17. The van der Waals surface area contributed by atoms with Crippen molar-refractivity contribution >= 4 is 40.6 Å². The van der Waals surface area contributed by atoms with Crippen LogP contribution in [0.15, 0.2) is 48.7 Å². The molecule has 0 aliphatic carbocycles. The van der Waals surface area contributed by atoms with Crippen molar-refractivity contribution in [3.8, 4) is 5.75 Å². The van der Waals surface area contributed by atoms with Gasteiger partial charge in [0.05, 0.1) is 4.92 Å². The number of anilines is 1. The highest BCUT2D eigenvalue weighted by Crippen LogP contribution is 2.21. The second-order valence-corrected chi connectivity index (χ2v) is 5.18. The van der Waals surface area contributed by atoms with Gasteiger partial charge >= 0.3 is 0 Å². The molecule has 0 fully saturated rings. The minimum absolute atomic E-state index is 0.0218. The SMILES string of the molecule is O=[N+]([O-])C=Cc1ccc(O)cc1C(=S)Nc1ccc(Cl)cc1. The maximum Gasteiger partial charge on any atom is 0.235 e. The molecule has 0 radical (unpaired) electrons. The summed E-state index contributed by atoms with van der Waals surface area (Å²) in [6.07, 6.45) is 2.14. The monoisotopic (exact) mass is 334 g/mol. The summed E-state index contributed by atoms with van der Waals surface area (Å²) in [5.41, 5.74) is 1.74. The van der Waals surface area contributed by atoms with Crippen LogP contribution >= 0.6 is 23.8 Å². The van der Waals surface area contributed by atoms with Crippen LogP contribution in [0.25, 0.3) is 6.08 Å². The second kappa shape index (κ2) is 7.02. The highest BCUT2D eigenvalue weighted by Gasteiger charge is 2.09. The van der Waals surface area contributed by atoms with Crippen molar-refractivity contribution in [3.05, 3.63) is 74.9 Å². The quantitative estimate of drug-likeness (QED) is 0.500. The van der Waals surface area contributed by atoms with Crippen molar-refractivity contribution < 1.29 is 10.0 Å². The molecule has 0 saturated carbocycles. The van der Waals surface area contributed by atoms with E-state index in [0.717, 1.165) is 11.9 Å². The molecule has 0 amide bonds. The van der Waals surface area contributed by atoms with Crippen molar-refractivity contribution in [1.29, 1.82) is 0 Å². The predicted molar refractivity (Wildman–Crippen MR) is 90.9 cm³/mol. The van der Waals surface area contributed by atoms with Crippen molar-refractivity contribution in [2.75, 3.05) is 5.32 Å². The minimum atomic E-state index is -0.563. The largest absolute Gasteiger partial charge is 0.508 e. The van der Waals surface area contributed by atoms with E-state index in [1.165, 1.54) is 18.2 Å². The van der Waals surface area contributed by atoms with Gasteiger partial charge in [0.1, 0.15) is 10.7 Å². The molecule has 0 spiro atoms. The average Bonchev–Trinajstić information content (AvgIpc) is 2.48. The van der Waals surface area contributed by atoms with Crippen LogP contribution in [-0.4, -0.2) is 15.0 Å². The Hall–Kier alpha value is -2.44. The van der Waals surface area contributed by atoms with Crippen LogP contribution in [-0.2, 0) is 0 Å². The molecule has 112 valence electrons. The molecule has 2 aromatic carbocycles. The summed E-state index contributed by atoms with van der Waals surface area (Å²) in [5.74, 6) is 0.0218. The van der Waals surface area contributed by atoms with Crippen LogP contribution in [0, 0.1) is 10.1 Å². The third-order valence-corrected chi connectivity index (χ3v) is 3.33. The molecule has 0 atom stereocenters. The first-order chi connectivity index (χ1) is 10.5. The van der Waals surface area contributed by atoms with Crippen molar-refractivity contribution in [2.45, 2.75) is 0 Å². The minimum Gasteiger partial charge on any atom is -0.508 e. The molecule has 0 aromatic heterocycles. The highest BCUT2D eigenvalue weighted by molar-refractivity contribution is 7.81. The fourth-order valence-electron chi connectivity index (χ4n) is 1.76. The predicted octanol–water partition coefficient (Wildman–Crippen LogP) is 4.08. The molecule has 2 aromatic rings. The maximum absolute atomic E-state index is 10.5. The molecule has 0 heterocycles. The molecule has 2 rings (SSSR count). The number of phenols is 1. The zero-order valence-electron chi connectivity index (χ0n) is 11.2. The Morgan fingerprint density at radius 3 is 2.59 bits per heavy atom. The van der Waals surface area contributed by atoms with Crippen LogP contribution in [0.2, 0.25) is 5.02 Å². The van der Waals surface area contributed by atoms with E-state index in [-0.39, 0.29) is 5.75 Å². The second-order valence-electron chi connectivity index (χ2n) is 4.33. The Morgan fingerprint density at radius 2 is 1.95 bits per heavy atom. The number of thiocarbonyl (C=S) groups is 1. The summed E-state index contributed by atoms with van der Waals surface area (Å²) in [6.45, 7) is 0. The average molecular weight is 335 g/mol. The smallest absolute Gasteiger partial charge is 0.235 e. The van der Waals surface area contributed by atoms with E-state index >= 15 is 0 Å². The summed E-state index contributed by atoms with van der Waals surface area (Å²) in [4.78, 5) is 10.2. The van der Waals surface area contributed by atoms with Gasteiger partial charge in [0, 0.05) is 22.3 Å². The van der Waals surface area contributed by atoms with E-state index in [0.29, 0.717) is 21.1 Å². The number of nitro groups is 1. The van der Waals surface area contributed by atoms with Crippen LogP contribution in [0.1, 0.15) is 11.1 Å². The van der Waals surface area contributed by atoms with Gasteiger partial charge in [-0.15, -0.1) is 0 Å². The number of nitrogens with zero attached hydrogens (tertiary/aromatic N) is 1. The van der Waals surface area contributed by atoms with Gasteiger partial charge < -0.3 is 10.4 Å². The molecule has 0 aliphatic rings. The van der Waals surface area contributed by atoms with Crippen molar-refractivity contribution in [3.63, 3.8) is 0 Å². The maximum atomic E-state index is 10.5. The number of aromatic hydroxyl groups is 1. The third kappa shape index (κ3) is 4.28. The summed E-state index contributed by atoms with van der Waals surface area (Å²) in [6, 6.07) is 11.4. The first kappa shape index (κ1) is 15.9. The fourth-order valence-corrected chi connectivity index (χ4v) is 2.18. The Labute approximate surface area is 137 Å². The van der Waals surface area contributed by atoms with E-state index < -0.39 is 4.92 Å². The molecular weight excluding hydrogens is 324 g/mol. The molecule has 0 unspecified atom stereocenters.